The van der Waals surface area contributed by atoms with Gasteiger partial charge in [-0.25, -0.2) is 4.39 Å². The van der Waals surface area contributed by atoms with Gasteiger partial charge in [-0.3, -0.25) is 9.69 Å². The van der Waals surface area contributed by atoms with Crippen molar-refractivity contribution in [1.82, 2.24) is 4.90 Å². The molecule has 1 saturated heterocycles. The highest BCUT2D eigenvalue weighted by Gasteiger charge is 2.30. The van der Waals surface area contributed by atoms with Crippen LogP contribution in [0.15, 0.2) is 18.2 Å². The lowest BCUT2D eigenvalue weighted by Gasteiger charge is -2.37. The minimum Gasteiger partial charge on any atom is -0.396 e. The smallest absolute Gasteiger partial charge is 0.241 e. The van der Waals surface area contributed by atoms with Crippen LogP contribution in [0.3, 0.4) is 0 Å². The van der Waals surface area contributed by atoms with Crippen molar-refractivity contribution in [2.45, 2.75) is 32.4 Å². The van der Waals surface area contributed by atoms with Crippen molar-refractivity contribution < 1.29 is 14.3 Å². The molecule has 4 N–H and O–H groups in total. The molecule has 3 atom stereocenters. The molecule has 0 bridgehead atoms. The van der Waals surface area contributed by atoms with Crippen LogP contribution in [0, 0.1) is 11.7 Å². The summed E-state index contributed by atoms with van der Waals surface area (Å²) in [6.45, 7) is 5.07. The molecule has 1 aliphatic rings. The van der Waals surface area contributed by atoms with E-state index < -0.39 is 11.9 Å². The molecule has 0 spiro atoms. The summed E-state index contributed by atoms with van der Waals surface area (Å²) in [5.41, 5.74) is 5.95. The Balaban J connectivity index is 1.97. The number of likely N-dealkylation sites (tertiary alicyclic amines) is 1. The first-order valence-corrected chi connectivity index (χ1v) is 7.16. The summed E-state index contributed by atoms with van der Waals surface area (Å²) in [7, 11) is 0. The number of aliphatic hydroxyl groups is 1. The molecule has 0 aromatic heterocycles. The Bertz CT molecular complexity index is 524. The van der Waals surface area contributed by atoms with Crippen molar-refractivity contribution in [1.29, 1.82) is 0 Å². The zero-order valence-electron chi connectivity index (χ0n) is 12.3. The SMILES string of the molecule is CC1CCN(C(C)C(=O)Nc2ccc(F)c(N)c2)CC1O. The third kappa shape index (κ3) is 3.71. The Morgan fingerprint density at radius 3 is 2.90 bits per heavy atom. The van der Waals surface area contributed by atoms with Gasteiger partial charge in [0.25, 0.3) is 0 Å². The maximum atomic E-state index is 13.1. The summed E-state index contributed by atoms with van der Waals surface area (Å²) in [5, 5.41) is 12.6. The molecule has 0 aliphatic carbocycles. The summed E-state index contributed by atoms with van der Waals surface area (Å²) in [6.07, 6.45) is 0.456. The fraction of sp³-hybridized carbons (Fsp3) is 0.533. The van der Waals surface area contributed by atoms with Gasteiger partial charge in [0.05, 0.1) is 17.8 Å². The van der Waals surface area contributed by atoms with Crippen LogP contribution in [0.25, 0.3) is 0 Å². The number of aliphatic hydroxyl groups excluding tert-OH is 1. The van der Waals surface area contributed by atoms with Crippen molar-refractivity contribution >= 4 is 17.3 Å². The number of rotatable bonds is 3. The van der Waals surface area contributed by atoms with E-state index in [1.54, 1.807) is 6.92 Å². The van der Waals surface area contributed by atoms with E-state index in [0.717, 1.165) is 13.0 Å². The lowest BCUT2D eigenvalue weighted by atomic mass is 9.95. The second-order valence-electron chi connectivity index (χ2n) is 5.73. The van der Waals surface area contributed by atoms with Crippen LogP contribution in [0.4, 0.5) is 15.8 Å². The van der Waals surface area contributed by atoms with E-state index in [9.17, 15) is 14.3 Å². The summed E-state index contributed by atoms with van der Waals surface area (Å²) in [5.74, 6) is -0.439. The molecule has 1 aliphatic heterocycles. The molecule has 0 saturated carbocycles. The second kappa shape index (κ2) is 6.41. The predicted molar refractivity (Wildman–Crippen MR) is 80.3 cm³/mol. The van der Waals surface area contributed by atoms with Gasteiger partial charge in [0, 0.05) is 12.2 Å². The number of piperidine rings is 1. The van der Waals surface area contributed by atoms with E-state index in [2.05, 4.69) is 5.32 Å². The molecule has 1 heterocycles. The van der Waals surface area contributed by atoms with Crippen molar-refractivity contribution in [2.24, 2.45) is 5.92 Å². The van der Waals surface area contributed by atoms with Gasteiger partial charge < -0.3 is 16.2 Å². The van der Waals surface area contributed by atoms with Crippen molar-refractivity contribution in [2.75, 3.05) is 24.1 Å². The average Bonchev–Trinajstić information content (AvgIpc) is 2.45. The summed E-state index contributed by atoms with van der Waals surface area (Å²) < 4.78 is 13.1. The molecule has 1 aromatic carbocycles. The molecule has 5 nitrogen and oxygen atoms in total. The quantitative estimate of drug-likeness (QED) is 0.737. The van der Waals surface area contributed by atoms with Crippen LogP contribution in [-0.4, -0.2) is 41.1 Å². The van der Waals surface area contributed by atoms with Gasteiger partial charge in [0.1, 0.15) is 5.82 Å². The molecular formula is C15H22FN3O2. The zero-order valence-corrected chi connectivity index (χ0v) is 12.3. The van der Waals surface area contributed by atoms with Gasteiger partial charge in [-0.2, -0.15) is 0 Å². The van der Waals surface area contributed by atoms with Gasteiger partial charge in [0.15, 0.2) is 0 Å². The Labute approximate surface area is 123 Å². The molecule has 0 radical (unpaired) electrons. The number of benzene rings is 1. The number of amides is 1. The molecular weight excluding hydrogens is 273 g/mol. The number of carbonyl (C=O) groups excluding carboxylic acids is 1. The van der Waals surface area contributed by atoms with Gasteiger partial charge in [-0.1, -0.05) is 6.92 Å². The summed E-state index contributed by atoms with van der Waals surface area (Å²) in [4.78, 5) is 14.2. The Morgan fingerprint density at radius 2 is 2.29 bits per heavy atom. The van der Waals surface area contributed by atoms with Gasteiger partial charge in [-0.05, 0) is 44.0 Å². The van der Waals surface area contributed by atoms with Gasteiger partial charge in [0.2, 0.25) is 5.91 Å². The van der Waals surface area contributed by atoms with E-state index >= 15 is 0 Å². The third-order valence-electron chi connectivity index (χ3n) is 4.14. The predicted octanol–water partition coefficient (Wildman–Crippen LogP) is 1.44. The second-order valence-corrected chi connectivity index (χ2v) is 5.73. The number of nitrogens with one attached hydrogen (secondary N) is 1. The highest BCUT2D eigenvalue weighted by Crippen LogP contribution is 2.20. The van der Waals surface area contributed by atoms with Crippen LogP contribution in [-0.2, 0) is 4.79 Å². The molecule has 2 rings (SSSR count). The number of nitrogen functional groups attached to an aromatic ring is 1. The van der Waals surface area contributed by atoms with Crippen molar-refractivity contribution in [3.63, 3.8) is 0 Å². The first-order valence-electron chi connectivity index (χ1n) is 7.16. The number of nitrogens with two attached hydrogens (primary N) is 1. The molecule has 116 valence electrons. The summed E-state index contributed by atoms with van der Waals surface area (Å²) in [6, 6.07) is 3.73. The number of hydrogen-bond donors (Lipinski definition) is 3. The molecule has 3 unspecified atom stereocenters. The Morgan fingerprint density at radius 1 is 1.57 bits per heavy atom. The van der Waals surface area contributed by atoms with Crippen LogP contribution in [0.5, 0.6) is 0 Å². The van der Waals surface area contributed by atoms with E-state index in [-0.39, 0.29) is 23.6 Å². The lowest BCUT2D eigenvalue weighted by Crippen LogP contribution is -2.50. The normalized spacial score (nSPS) is 24.6. The van der Waals surface area contributed by atoms with Crippen LogP contribution < -0.4 is 11.1 Å². The van der Waals surface area contributed by atoms with E-state index in [4.69, 9.17) is 5.73 Å². The largest absolute Gasteiger partial charge is 0.396 e. The molecule has 1 fully saturated rings. The first-order chi connectivity index (χ1) is 9.88. The zero-order chi connectivity index (χ0) is 15.6. The fourth-order valence-electron chi connectivity index (χ4n) is 2.46. The number of carbonyl (C=O) groups is 1. The third-order valence-corrected chi connectivity index (χ3v) is 4.14. The summed E-state index contributed by atoms with van der Waals surface area (Å²) >= 11 is 0. The van der Waals surface area contributed by atoms with Gasteiger partial charge in [-0.15, -0.1) is 0 Å². The standard InChI is InChI=1S/C15H22FN3O2/c1-9-5-6-19(8-14(9)20)10(2)15(21)18-11-3-4-12(16)13(17)7-11/h3-4,7,9-10,14,20H,5-6,8,17H2,1-2H3,(H,18,21). The number of anilines is 2. The Kier molecular flexibility index (Phi) is 4.80. The van der Waals surface area contributed by atoms with Gasteiger partial charge >= 0.3 is 0 Å². The number of halogens is 1. The topological polar surface area (TPSA) is 78.6 Å². The maximum Gasteiger partial charge on any atom is 0.241 e. The number of nitrogens with zero attached hydrogens (tertiary/aromatic N) is 1. The minimum atomic E-state index is -0.505. The highest BCUT2D eigenvalue weighted by molar-refractivity contribution is 5.94. The first kappa shape index (κ1) is 15.7. The van der Waals surface area contributed by atoms with E-state index in [1.807, 2.05) is 11.8 Å². The number of β-amino-alcohol motifs (C(OH)–C–C–N with tert-alkyl or cyclic N) is 1. The van der Waals surface area contributed by atoms with Crippen LogP contribution in [0.1, 0.15) is 20.3 Å². The number of hydrogen-bond acceptors (Lipinski definition) is 4. The van der Waals surface area contributed by atoms with Crippen molar-refractivity contribution in [3.8, 4) is 0 Å². The van der Waals surface area contributed by atoms with Crippen molar-refractivity contribution in [3.05, 3.63) is 24.0 Å². The lowest BCUT2D eigenvalue weighted by molar-refractivity contribution is -0.122. The maximum absolute atomic E-state index is 13.1. The molecule has 6 heteroatoms. The monoisotopic (exact) mass is 295 g/mol. The van der Waals surface area contributed by atoms with Crippen LogP contribution in [0.2, 0.25) is 0 Å². The fourth-order valence-corrected chi connectivity index (χ4v) is 2.46. The molecule has 1 aromatic rings. The average molecular weight is 295 g/mol. The minimum absolute atomic E-state index is 0.00247. The van der Waals surface area contributed by atoms with E-state index in [0.29, 0.717) is 12.2 Å². The molecule has 1 amide bonds. The van der Waals surface area contributed by atoms with Crippen LogP contribution >= 0.6 is 0 Å². The Hall–Kier alpha value is -1.66. The van der Waals surface area contributed by atoms with E-state index in [1.165, 1.54) is 18.2 Å². The molecule has 21 heavy (non-hydrogen) atoms. The highest BCUT2D eigenvalue weighted by atomic mass is 19.1.